The number of rotatable bonds is 7. The molecule has 6 nitrogen and oxygen atoms in total. The zero-order valence-electron chi connectivity index (χ0n) is 13.4. The molecule has 2 rings (SSSR count). The monoisotopic (exact) mass is 317 g/mol. The van der Waals surface area contributed by atoms with Crippen molar-refractivity contribution in [2.45, 2.75) is 18.9 Å². The maximum atomic E-state index is 12.0. The minimum Gasteiger partial charge on any atom is -0.491 e. The molecule has 124 valence electrons. The number of aliphatic hydroxyl groups is 1. The molecule has 6 heteroatoms. The van der Waals surface area contributed by atoms with Gasteiger partial charge in [-0.2, -0.15) is 5.26 Å². The van der Waals surface area contributed by atoms with Crippen LogP contribution in [0.25, 0.3) is 0 Å². The van der Waals surface area contributed by atoms with Crippen molar-refractivity contribution >= 4 is 5.91 Å². The molecule has 1 saturated heterocycles. The number of likely N-dealkylation sites (tertiary alicyclic amines) is 1. The summed E-state index contributed by atoms with van der Waals surface area (Å²) in [5.74, 6) is 0.726. The fourth-order valence-corrected chi connectivity index (χ4v) is 2.59. The molecule has 1 aliphatic heterocycles. The van der Waals surface area contributed by atoms with Crippen molar-refractivity contribution < 1.29 is 14.6 Å². The fraction of sp³-hybridized carbons (Fsp3) is 0.529. The number of nitriles is 1. The Hall–Kier alpha value is -2.10. The zero-order valence-corrected chi connectivity index (χ0v) is 13.4. The van der Waals surface area contributed by atoms with Gasteiger partial charge >= 0.3 is 0 Å². The van der Waals surface area contributed by atoms with Crippen molar-refractivity contribution in [3.63, 3.8) is 0 Å². The molecule has 23 heavy (non-hydrogen) atoms. The minimum absolute atomic E-state index is 0.116. The number of hydrogen-bond acceptors (Lipinski definition) is 5. The van der Waals surface area contributed by atoms with E-state index in [2.05, 4.69) is 0 Å². The number of nitrogens with zero attached hydrogens (tertiary/aromatic N) is 3. The van der Waals surface area contributed by atoms with Gasteiger partial charge in [0, 0.05) is 19.6 Å². The Morgan fingerprint density at radius 2 is 2.04 bits per heavy atom. The molecule has 0 spiro atoms. The number of hydrogen-bond donors (Lipinski definition) is 1. The van der Waals surface area contributed by atoms with Crippen LogP contribution in [0.5, 0.6) is 5.75 Å². The largest absolute Gasteiger partial charge is 0.491 e. The van der Waals surface area contributed by atoms with Crippen molar-refractivity contribution in [1.82, 2.24) is 9.80 Å². The van der Waals surface area contributed by atoms with Crippen LogP contribution in [0.4, 0.5) is 0 Å². The Balaban J connectivity index is 1.69. The number of carbonyl (C=O) groups excluding carboxylic acids is 1. The zero-order chi connectivity index (χ0) is 16.7. The second-order valence-corrected chi connectivity index (χ2v) is 5.89. The molecule has 0 aliphatic carbocycles. The van der Waals surface area contributed by atoms with E-state index in [1.165, 1.54) is 0 Å². The van der Waals surface area contributed by atoms with Gasteiger partial charge in [-0.3, -0.25) is 9.69 Å². The molecule has 1 atom stereocenters. The van der Waals surface area contributed by atoms with Gasteiger partial charge in [-0.15, -0.1) is 0 Å². The van der Waals surface area contributed by atoms with Crippen LogP contribution in [0.1, 0.15) is 18.4 Å². The van der Waals surface area contributed by atoms with Crippen molar-refractivity contribution in [2.24, 2.45) is 0 Å². The van der Waals surface area contributed by atoms with Gasteiger partial charge in [-0.05, 0) is 44.2 Å². The highest BCUT2D eigenvalue weighted by Crippen LogP contribution is 2.12. The van der Waals surface area contributed by atoms with Crippen LogP contribution in [0.2, 0.25) is 0 Å². The number of likely N-dealkylation sites (N-methyl/N-ethyl adjacent to an activating group) is 1. The Labute approximate surface area is 136 Å². The normalized spacial score (nSPS) is 15.5. The van der Waals surface area contributed by atoms with Gasteiger partial charge in [0.25, 0.3) is 0 Å². The topological polar surface area (TPSA) is 76.8 Å². The summed E-state index contributed by atoms with van der Waals surface area (Å²) in [4.78, 5) is 15.7. The summed E-state index contributed by atoms with van der Waals surface area (Å²) < 4.78 is 5.49. The maximum absolute atomic E-state index is 12.0. The van der Waals surface area contributed by atoms with Crippen molar-refractivity contribution in [2.75, 3.05) is 39.8 Å². The molecule has 0 aromatic heterocycles. The minimum atomic E-state index is -0.679. The predicted molar refractivity (Wildman–Crippen MR) is 86.0 cm³/mol. The summed E-state index contributed by atoms with van der Waals surface area (Å²) in [7, 11) is 1.82. The van der Waals surface area contributed by atoms with E-state index in [1.807, 2.05) is 22.9 Å². The van der Waals surface area contributed by atoms with Gasteiger partial charge in [0.05, 0.1) is 18.2 Å². The van der Waals surface area contributed by atoms with Gasteiger partial charge in [-0.1, -0.05) is 0 Å². The average Bonchev–Trinajstić information content (AvgIpc) is 3.08. The molecule has 1 N–H and O–H groups in total. The molecular formula is C17H23N3O3. The smallest absolute Gasteiger partial charge is 0.236 e. The first-order chi connectivity index (χ1) is 11.1. The third-order valence-electron chi connectivity index (χ3n) is 3.81. The average molecular weight is 317 g/mol. The molecule has 0 saturated carbocycles. The highest BCUT2D eigenvalue weighted by atomic mass is 16.5. The first kappa shape index (κ1) is 17.3. The summed E-state index contributed by atoms with van der Waals surface area (Å²) in [5.41, 5.74) is 0.568. The lowest BCUT2D eigenvalue weighted by atomic mass is 10.2. The molecule has 1 aliphatic rings. The lowest BCUT2D eigenvalue weighted by Gasteiger charge is -2.23. The van der Waals surface area contributed by atoms with Crippen molar-refractivity contribution in [1.29, 1.82) is 5.26 Å². The molecule has 1 amide bonds. The van der Waals surface area contributed by atoms with E-state index >= 15 is 0 Å². The van der Waals surface area contributed by atoms with E-state index in [0.29, 0.717) is 24.4 Å². The van der Waals surface area contributed by atoms with E-state index in [0.717, 1.165) is 25.9 Å². The first-order valence-electron chi connectivity index (χ1n) is 7.86. The highest BCUT2D eigenvalue weighted by molar-refractivity contribution is 5.78. The quantitative estimate of drug-likeness (QED) is 0.807. The third-order valence-corrected chi connectivity index (χ3v) is 3.81. The third kappa shape index (κ3) is 5.55. The number of amides is 1. The number of aliphatic hydroxyl groups excluding tert-OH is 1. The van der Waals surface area contributed by atoms with E-state index in [9.17, 15) is 9.90 Å². The first-order valence-corrected chi connectivity index (χ1v) is 7.86. The lowest BCUT2D eigenvalue weighted by Crippen LogP contribution is -2.41. The van der Waals surface area contributed by atoms with Crippen molar-refractivity contribution in [3.8, 4) is 11.8 Å². The Morgan fingerprint density at radius 1 is 1.39 bits per heavy atom. The Kier molecular flexibility index (Phi) is 6.39. The van der Waals surface area contributed by atoms with Crippen LogP contribution in [0.15, 0.2) is 24.3 Å². The molecule has 0 radical (unpaired) electrons. The standard InChI is InChI=1S/C17H23N3O3/c1-19(12-17(22)20-8-2-3-9-20)11-15(21)13-23-16-6-4-14(10-18)5-7-16/h4-7,15,21H,2-3,8-9,11-13H2,1H3. The van der Waals surface area contributed by atoms with Gasteiger partial charge in [-0.25, -0.2) is 0 Å². The summed E-state index contributed by atoms with van der Waals surface area (Å²) in [5, 5.41) is 18.7. The summed E-state index contributed by atoms with van der Waals surface area (Å²) >= 11 is 0. The van der Waals surface area contributed by atoms with Gasteiger partial charge in [0.15, 0.2) is 0 Å². The highest BCUT2D eigenvalue weighted by Gasteiger charge is 2.20. The second-order valence-electron chi connectivity index (χ2n) is 5.89. The number of benzene rings is 1. The lowest BCUT2D eigenvalue weighted by molar-refractivity contribution is -0.131. The fourth-order valence-electron chi connectivity index (χ4n) is 2.59. The summed E-state index contributed by atoms with van der Waals surface area (Å²) in [6, 6.07) is 8.78. The molecule has 1 heterocycles. The molecule has 1 fully saturated rings. The van der Waals surface area contributed by atoms with Crippen LogP contribution in [0, 0.1) is 11.3 Å². The van der Waals surface area contributed by atoms with E-state index in [4.69, 9.17) is 10.00 Å². The molecular weight excluding hydrogens is 294 g/mol. The Morgan fingerprint density at radius 3 is 2.65 bits per heavy atom. The van der Waals surface area contributed by atoms with E-state index in [1.54, 1.807) is 24.3 Å². The molecule has 1 unspecified atom stereocenters. The molecule has 1 aromatic carbocycles. The van der Waals surface area contributed by atoms with E-state index in [-0.39, 0.29) is 12.5 Å². The van der Waals surface area contributed by atoms with Gasteiger partial charge in [0.1, 0.15) is 18.5 Å². The van der Waals surface area contributed by atoms with E-state index < -0.39 is 6.10 Å². The number of carbonyl (C=O) groups is 1. The molecule has 0 bridgehead atoms. The summed E-state index contributed by atoms with van der Waals surface area (Å²) in [6.07, 6.45) is 1.48. The Bertz CT molecular complexity index is 547. The van der Waals surface area contributed by atoms with Gasteiger partial charge < -0.3 is 14.7 Å². The summed E-state index contributed by atoms with van der Waals surface area (Å²) in [6.45, 7) is 2.52. The van der Waals surface area contributed by atoms with Crippen LogP contribution in [0.3, 0.4) is 0 Å². The molecule has 1 aromatic rings. The van der Waals surface area contributed by atoms with Crippen LogP contribution in [-0.2, 0) is 4.79 Å². The predicted octanol–water partition coefficient (Wildman–Crippen LogP) is 0.852. The number of ether oxygens (including phenoxy) is 1. The second kappa shape index (κ2) is 8.51. The van der Waals surface area contributed by atoms with Crippen LogP contribution < -0.4 is 4.74 Å². The van der Waals surface area contributed by atoms with Gasteiger partial charge in [0.2, 0.25) is 5.91 Å². The SMILES string of the molecule is CN(CC(=O)N1CCCC1)CC(O)COc1ccc(C#N)cc1. The maximum Gasteiger partial charge on any atom is 0.236 e. The van der Waals surface area contributed by atoms with Crippen LogP contribution in [-0.4, -0.2) is 66.8 Å². The van der Waals surface area contributed by atoms with Crippen molar-refractivity contribution in [3.05, 3.63) is 29.8 Å². The van der Waals surface area contributed by atoms with Crippen LogP contribution >= 0.6 is 0 Å².